The van der Waals surface area contributed by atoms with Gasteiger partial charge in [-0.2, -0.15) is 0 Å². The molecule has 2 aromatic rings. The maximum absolute atomic E-state index is 12.1. The van der Waals surface area contributed by atoms with Crippen molar-refractivity contribution in [2.24, 2.45) is 0 Å². The zero-order valence-corrected chi connectivity index (χ0v) is 14.1. The minimum atomic E-state index is -1.65. The fourth-order valence-corrected chi connectivity index (χ4v) is 2.60. The first kappa shape index (κ1) is 18.6. The van der Waals surface area contributed by atoms with E-state index >= 15 is 0 Å². The molecule has 0 radical (unpaired) electrons. The molecule has 1 atom stereocenters. The van der Waals surface area contributed by atoms with Crippen LogP contribution in [0.3, 0.4) is 0 Å². The summed E-state index contributed by atoms with van der Waals surface area (Å²) in [7, 11) is 1.06. The lowest BCUT2D eigenvalue weighted by atomic mass is 9.83. The number of likely N-dealkylation sites (N-methyl/N-ethyl adjacent to an activating group) is 1. The Morgan fingerprint density at radius 2 is 1.60 bits per heavy atom. The molecule has 0 aliphatic rings. The Hall–Kier alpha value is -2.70. The van der Waals surface area contributed by atoms with Crippen LogP contribution in [-0.4, -0.2) is 39.2 Å². The van der Waals surface area contributed by atoms with Gasteiger partial charge in [0.2, 0.25) is 5.78 Å². The fourth-order valence-electron chi connectivity index (χ4n) is 2.60. The van der Waals surface area contributed by atoms with Crippen molar-refractivity contribution in [3.05, 3.63) is 65.2 Å². The number of benzene rings is 2. The molecule has 0 saturated heterocycles. The van der Waals surface area contributed by atoms with Gasteiger partial charge in [0.05, 0.1) is 0 Å². The summed E-state index contributed by atoms with van der Waals surface area (Å²) in [4.78, 5) is 23.8. The molecule has 0 spiro atoms. The summed E-state index contributed by atoms with van der Waals surface area (Å²) in [5.41, 5.74) is 0.600. The van der Waals surface area contributed by atoms with Crippen LogP contribution in [-0.2, 0) is 21.6 Å². The maximum Gasteiger partial charge on any atom is 0.313 e. The van der Waals surface area contributed by atoms with Crippen LogP contribution in [0.25, 0.3) is 0 Å². The molecule has 2 rings (SSSR count). The highest BCUT2D eigenvalue weighted by atomic mass is 16.5. The van der Waals surface area contributed by atoms with Crippen molar-refractivity contribution in [1.29, 1.82) is 0 Å². The Morgan fingerprint density at radius 3 is 2.12 bits per heavy atom. The van der Waals surface area contributed by atoms with Crippen LogP contribution in [0.5, 0.6) is 5.75 Å². The SMILES string of the molecule is Cc1ccc(CC(O)(CC(=O)C(=O)N(C)O)c2ccc(O)cc2)cc1. The lowest BCUT2D eigenvalue weighted by molar-refractivity contribution is -0.167. The second-order valence-electron chi connectivity index (χ2n) is 6.17. The van der Waals surface area contributed by atoms with Gasteiger partial charge < -0.3 is 10.2 Å². The van der Waals surface area contributed by atoms with E-state index in [2.05, 4.69) is 0 Å². The maximum atomic E-state index is 12.1. The summed E-state index contributed by atoms with van der Waals surface area (Å²) < 4.78 is 0. The number of hydrogen-bond donors (Lipinski definition) is 3. The first-order valence-electron chi connectivity index (χ1n) is 7.78. The van der Waals surface area contributed by atoms with Crippen molar-refractivity contribution >= 4 is 11.7 Å². The zero-order valence-electron chi connectivity index (χ0n) is 14.1. The van der Waals surface area contributed by atoms with E-state index in [1.165, 1.54) is 24.3 Å². The molecule has 6 nitrogen and oxygen atoms in total. The molecule has 0 aliphatic carbocycles. The van der Waals surface area contributed by atoms with Crippen LogP contribution in [0.15, 0.2) is 48.5 Å². The van der Waals surface area contributed by atoms with E-state index in [4.69, 9.17) is 5.21 Å². The number of aryl methyl sites for hydroxylation is 1. The van der Waals surface area contributed by atoms with Gasteiger partial charge in [0.1, 0.15) is 11.4 Å². The van der Waals surface area contributed by atoms with Crippen molar-refractivity contribution in [3.8, 4) is 5.75 Å². The van der Waals surface area contributed by atoms with E-state index in [1.54, 1.807) is 0 Å². The molecular weight excluding hydrogens is 322 g/mol. The lowest BCUT2D eigenvalue weighted by Crippen LogP contribution is -2.38. The van der Waals surface area contributed by atoms with Crippen molar-refractivity contribution in [2.75, 3.05) is 7.05 Å². The number of ketones is 1. The number of hydroxylamine groups is 2. The van der Waals surface area contributed by atoms with Gasteiger partial charge in [0.15, 0.2) is 0 Å². The third-order valence-corrected chi connectivity index (χ3v) is 4.01. The molecule has 2 aromatic carbocycles. The first-order valence-corrected chi connectivity index (χ1v) is 7.78. The normalized spacial score (nSPS) is 13.1. The summed E-state index contributed by atoms with van der Waals surface area (Å²) in [6, 6.07) is 13.3. The second kappa shape index (κ2) is 7.46. The number of aliphatic hydroxyl groups is 1. The average molecular weight is 343 g/mol. The molecular formula is C19H21NO5. The number of carbonyl (C=O) groups excluding carboxylic acids is 2. The Kier molecular flexibility index (Phi) is 5.56. The van der Waals surface area contributed by atoms with Crippen LogP contribution in [0, 0.1) is 6.92 Å². The monoisotopic (exact) mass is 343 g/mol. The Morgan fingerprint density at radius 1 is 1.04 bits per heavy atom. The third kappa shape index (κ3) is 4.65. The molecule has 1 amide bonds. The number of phenols is 1. The molecule has 132 valence electrons. The molecule has 0 heterocycles. The third-order valence-electron chi connectivity index (χ3n) is 4.01. The van der Waals surface area contributed by atoms with Crippen molar-refractivity contribution < 1.29 is 25.0 Å². The molecule has 1 unspecified atom stereocenters. The predicted octanol–water partition coefficient (Wildman–Crippen LogP) is 1.94. The summed E-state index contributed by atoms with van der Waals surface area (Å²) in [6.07, 6.45) is -0.387. The van der Waals surface area contributed by atoms with Gasteiger partial charge in [-0.25, -0.2) is 5.06 Å². The van der Waals surface area contributed by atoms with Gasteiger partial charge in [0, 0.05) is 19.9 Å². The van der Waals surface area contributed by atoms with E-state index in [-0.39, 0.29) is 17.2 Å². The van der Waals surface area contributed by atoms with E-state index < -0.39 is 23.7 Å². The number of phenolic OH excluding ortho intramolecular Hbond substituents is 1. The Labute approximate surface area is 145 Å². The number of aromatic hydroxyl groups is 1. The van der Waals surface area contributed by atoms with Gasteiger partial charge in [-0.1, -0.05) is 42.0 Å². The van der Waals surface area contributed by atoms with Crippen molar-refractivity contribution in [1.82, 2.24) is 5.06 Å². The number of carbonyl (C=O) groups is 2. The molecule has 0 bridgehead atoms. The average Bonchev–Trinajstić information content (AvgIpc) is 2.56. The van der Waals surface area contributed by atoms with Crippen LogP contribution >= 0.6 is 0 Å². The number of rotatable bonds is 6. The second-order valence-corrected chi connectivity index (χ2v) is 6.17. The number of amides is 1. The molecule has 6 heteroatoms. The summed E-state index contributed by atoms with van der Waals surface area (Å²) >= 11 is 0. The molecule has 3 N–H and O–H groups in total. The largest absolute Gasteiger partial charge is 0.508 e. The number of hydrogen-bond acceptors (Lipinski definition) is 5. The van der Waals surface area contributed by atoms with E-state index in [1.807, 2.05) is 31.2 Å². The number of nitrogens with zero attached hydrogens (tertiary/aromatic N) is 1. The molecule has 0 saturated carbocycles. The van der Waals surface area contributed by atoms with E-state index in [0.717, 1.165) is 18.2 Å². The van der Waals surface area contributed by atoms with E-state index in [9.17, 15) is 19.8 Å². The minimum absolute atomic E-state index is 0.0268. The topological polar surface area (TPSA) is 98.1 Å². The van der Waals surface area contributed by atoms with Gasteiger partial charge in [-0.15, -0.1) is 0 Å². The van der Waals surface area contributed by atoms with E-state index in [0.29, 0.717) is 5.56 Å². The van der Waals surface area contributed by atoms with Gasteiger partial charge >= 0.3 is 5.91 Å². The fraction of sp³-hybridized carbons (Fsp3) is 0.263. The van der Waals surface area contributed by atoms with Crippen LogP contribution in [0.4, 0.5) is 0 Å². The summed E-state index contributed by atoms with van der Waals surface area (Å²) in [5, 5.41) is 29.9. The lowest BCUT2D eigenvalue weighted by Gasteiger charge is -2.28. The van der Waals surface area contributed by atoms with Crippen molar-refractivity contribution in [2.45, 2.75) is 25.4 Å². The molecule has 25 heavy (non-hydrogen) atoms. The van der Waals surface area contributed by atoms with Crippen LogP contribution in [0.1, 0.15) is 23.1 Å². The molecule has 0 aromatic heterocycles. The molecule has 0 fully saturated rings. The van der Waals surface area contributed by atoms with Crippen LogP contribution < -0.4 is 0 Å². The first-order chi connectivity index (χ1) is 11.7. The quantitative estimate of drug-likeness (QED) is 0.423. The highest BCUT2D eigenvalue weighted by molar-refractivity contribution is 6.35. The zero-order chi connectivity index (χ0) is 18.6. The van der Waals surface area contributed by atoms with Crippen LogP contribution in [0.2, 0.25) is 0 Å². The minimum Gasteiger partial charge on any atom is -0.508 e. The highest BCUT2D eigenvalue weighted by Crippen LogP contribution is 2.31. The van der Waals surface area contributed by atoms with Gasteiger partial charge in [-0.3, -0.25) is 14.8 Å². The molecule has 0 aliphatic heterocycles. The smallest absolute Gasteiger partial charge is 0.313 e. The van der Waals surface area contributed by atoms with Gasteiger partial charge in [-0.05, 0) is 30.2 Å². The van der Waals surface area contributed by atoms with Gasteiger partial charge in [0.25, 0.3) is 0 Å². The number of Topliss-reactive ketones (excluding diaryl/α,β-unsaturated/α-hetero) is 1. The summed E-state index contributed by atoms with van der Waals surface area (Å²) in [5.74, 6) is -1.98. The Balaban J connectivity index is 2.36. The summed E-state index contributed by atoms with van der Waals surface area (Å²) in [6.45, 7) is 1.94. The highest BCUT2D eigenvalue weighted by Gasteiger charge is 2.35. The predicted molar refractivity (Wildman–Crippen MR) is 91.1 cm³/mol. The van der Waals surface area contributed by atoms with Crippen molar-refractivity contribution in [3.63, 3.8) is 0 Å². The Bertz CT molecular complexity index is 752. The standard InChI is InChI=1S/C19H21NO5/c1-13-3-5-14(6-4-13)11-19(24,12-17(22)18(23)20(2)25)15-7-9-16(21)10-8-15/h3-10,21,24-25H,11-12H2,1-2H3.